The van der Waals surface area contributed by atoms with E-state index in [0.717, 1.165) is 51.5 Å². The van der Waals surface area contributed by atoms with Crippen LogP contribution in [0.4, 0.5) is 5.69 Å². The van der Waals surface area contributed by atoms with E-state index in [9.17, 15) is 0 Å². The number of nitrogens with one attached hydrogen (secondary N) is 3. The minimum absolute atomic E-state index is 0.0726. The average Bonchev–Trinajstić information content (AvgIpc) is 3.42. The van der Waals surface area contributed by atoms with E-state index < -0.39 is 0 Å². The van der Waals surface area contributed by atoms with Gasteiger partial charge in [-0.15, -0.1) is 0 Å². The van der Waals surface area contributed by atoms with Crippen LogP contribution >= 0.6 is 23.2 Å². The third kappa shape index (κ3) is 7.78. The molecule has 42 heavy (non-hydrogen) atoms. The minimum Gasteiger partial charge on any atom is -0.391 e. The topological polar surface area (TPSA) is 78.1 Å². The molecule has 216 valence electrons. The molecule has 0 aliphatic heterocycles. The Hall–Kier alpha value is -4.13. The van der Waals surface area contributed by atoms with Crippen LogP contribution in [-0.4, -0.2) is 34.6 Å². The lowest BCUT2D eigenvalue weighted by Gasteiger charge is -2.24. The number of rotatable bonds is 12. The number of anilines is 1. The van der Waals surface area contributed by atoms with E-state index in [0.29, 0.717) is 23.0 Å². The fourth-order valence-electron chi connectivity index (χ4n) is 4.77. The number of hydrogen-bond acceptors (Lipinski definition) is 5. The first kappa shape index (κ1) is 30.8. The Labute approximate surface area is 258 Å². The van der Waals surface area contributed by atoms with Crippen LogP contribution in [0.15, 0.2) is 125 Å². The Bertz CT molecular complexity index is 1550. The van der Waals surface area contributed by atoms with Crippen molar-refractivity contribution in [1.82, 2.24) is 14.9 Å². The van der Waals surface area contributed by atoms with Gasteiger partial charge in [0, 0.05) is 73.3 Å². The fourth-order valence-corrected chi connectivity index (χ4v) is 5.17. The Balaban J connectivity index is 1.77. The lowest BCUT2D eigenvalue weighted by molar-refractivity contribution is 0.791. The lowest BCUT2D eigenvalue weighted by Crippen LogP contribution is -2.14. The van der Waals surface area contributed by atoms with Crippen molar-refractivity contribution in [2.24, 2.45) is 12.0 Å². The molecule has 3 N–H and O–H groups in total. The molecule has 1 aliphatic rings. The Kier molecular flexibility index (Phi) is 11.2. The molecule has 0 spiro atoms. The third-order valence-corrected chi connectivity index (χ3v) is 7.52. The summed E-state index contributed by atoms with van der Waals surface area (Å²) in [6.07, 6.45) is 17.3. The predicted molar refractivity (Wildman–Crippen MR) is 178 cm³/mol. The van der Waals surface area contributed by atoms with Crippen LogP contribution in [0, 0.1) is 5.41 Å². The lowest BCUT2D eigenvalue weighted by atomic mass is 9.83. The van der Waals surface area contributed by atoms with Crippen molar-refractivity contribution in [3.8, 4) is 0 Å². The number of allylic oxidation sites excluding steroid dienone is 8. The summed E-state index contributed by atoms with van der Waals surface area (Å²) in [4.78, 5) is 9.19. The number of aliphatic imine (C=N–C) groups is 1. The molecular weight excluding hydrogens is 563 g/mol. The van der Waals surface area contributed by atoms with Crippen LogP contribution in [0.2, 0.25) is 5.02 Å². The highest BCUT2D eigenvalue weighted by molar-refractivity contribution is 6.36. The summed E-state index contributed by atoms with van der Waals surface area (Å²) < 4.78 is 2.05. The van der Waals surface area contributed by atoms with Gasteiger partial charge in [0.05, 0.1) is 23.0 Å². The molecule has 0 amide bonds. The maximum atomic E-state index is 7.28. The molecule has 0 saturated carbocycles. The molecule has 8 heteroatoms. The van der Waals surface area contributed by atoms with Crippen LogP contribution in [0.5, 0.6) is 0 Å². The third-order valence-electron chi connectivity index (χ3n) is 6.83. The second-order valence-electron chi connectivity index (χ2n) is 9.75. The normalized spacial score (nSPS) is 16.5. The van der Waals surface area contributed by atoms with Crippen molar-refractivity contribution in [1.29, 1.82) is 5.41 Å². The van der Waals surface area contributed by atoms with Crippen molar-refractivity contribution in [2.75, 3.05) is 18.4 Å². The van der Waals surface area contributed by atoms with Crippen LogP contribution in [0.25, 0.3) is 0 Å². The first-order valence-corrected chi connectivity index (χ1v) is 14.7. The molecule has 1 unspecified atom stereocenters. The zero-order valence-corrected chi connectivity index (χ0v) is 25.6. The van der Waals surface area contributed by atoms with Crippen molar-refractivity contribution >= 4 is 40.8 Å². The van der Waals surface area contributed by atoms with E-state index in [1.54, 1.807) is 12.3 Å². The minimum atomic E-state index is -0.0726. The molecule has 0 radical (unpaired) electrons. The summed E-state index contributed by atoms with van der Waals surface area (Å²) in [5, 5.41) is 15.0. The van der Waals surface area contributed by atoms with Crippen molar-refractivity contribution in [3.05, 3.63) is 141 Å². The Morgan fingerprint density at radius 2 is 1.86 bits per heavy atom. The standard InChI is InChI=1S/C34H36Cl2N6/c1-4-38-21-27(19-24-7-14-29(15-8-24)41-18-6-17-37)34(36)30-20-26(11-16-31(30)40-5-2)33(32-22-39-23-42(32)3)25-9-12-28(35)13-10-25/h6-18,20-23,33,37-38,41H,4-5,19H2,1-3H3/b18-6-,27-21+,34-30+,37-17?,40-31-. The van der Waals surface area contributed by atoms with Crippen LogP contribution in [0.1, 0.15) is 36.6 Å². The largest absolute Gasteiger partial charge is 0.391 e. The van der Waals surface area contributed by atoms with Gasteiger partial charge in [0.2, 0.25) is 0 Å². The molecule has 3 aromatic rings. The summed E-state index contributed by atoms with van der Waals surface area (Å²) >= 11 is 13.5. The zero-order valence-electron chi connectivity index (χ0n) is 24.1. The zero-order chi connectivity index (χ0) is 29.9. The van der Waals surface area contributed by atoms with E-state index in [1.165, 1.54) is 6.21 Å². The van der Waals surface area contributed by atoms with Gasteiger partial charge in [0.25, 0.3) is 0 Å². The van der Waals surface area contributed by atoms with Gasteiger partial charge in [0.1, 0.15) is 0 Å². The summed E-state index contributed by atoms with van der Waals surface area (Å²) in [5.74, 6) is -0.0726. The van der Waals surface area contributed by atoms with Gasteiger partial charge in [0.15, 0.2) is 0 Å². The maximum Gasteiger partial charge on any atom is 0.0945 e. The first-order chi connectivity index (χ1) is 20.4. The highest BCUT2D eigenvalue weighted by Gasteiger charge is 2.25. The molecule has 4 rings (SSSR count). The van der Waals surface area contributed by atoms with Crippen LogP contribution in [-0.2, 0) is 13.5 Å². The van der Waals surface area contributed by atoms with Gasteiger partial charge in [-0.25, -0.2) is 4.98 Å². The summed E-state index contributed by atoms with van der Waals surface area (Å²) in [6, 6.07) is 16.2. The molecule has 1 aliphatic carbocycles. The fraction of sp³-hybridized carbons (Fsp3) is 0.206. The van der Waals surface area contributed by atoms with Crippen molar-refractivity contribution in [3.63, 3.8) is 0 Å². The summed E-state index contributed by atoms with van der Waals surface area (Å²) in [6.45, 7) is 5.51. The smallest absolute Gasteiger partial charge is 0.0945 e. The molecule has 0 bridgehead atoms. The maximum absolute atomic E-state index is 7.28. The molecule has 1 heterocycles. The van der Waals surface area contributed by atoms with Crippen LogP contribution in [0.3, 0.4) is 0 Å². The number of nitrogens with zero attached hydrogens (tertiary/aromatic N) is 3. The SMILES string of the molecule is CC/N=C1/C=CC(C(c2ccc(Cl)cc2)c2cncn2C)=C/C1=C(Cl)/C(=C/NCC)Cc1ccc(N/C=C\C=N)cc1. The van der Waals surface area contributed by atoms with Gasteiger partial charge in [-0.1, -0.05) is 53.5 Å². The van der Waals surface area contributed by atoms with Crippen molar-refractivity contribution < 1.29 is 0 Å². The van der Waals surface area contributed by atoms with E-state index in [-0.39, 0.29) is 5.92 Å². The number of benzene rings is 2. The first-order valence-electron chi connectivity index (χ1n) is 13.9. The Morgan fingerprint density at radius 1 is 1.10 bits per heavy atom. The number of imidazole rings is 1. The average molecular weight is 600 g/mol. The highest BCUT2D eigenvalue weighted by atomic mass is 35.5. The second kappa shape index (κ2) is 15.2. The van der Waals surface area contributed by atoms with E-state index >= 15 is 0 Å². The number of aromatic nitrogens is 2. The van der Waals surface area contributed by atoms with E-state index in [2.05, 4.69) is 65.0 Å². The second-order valence-corrected chi connectivity index (χ2v) is 10.6. The highest BCUT2D eigenvalue weighted by Crippen LogP contribution is 2.37. The van der Waals surface area contributed by atoms with Gasteiger partial charge in [-0.2, -0.15) is 0 Å². The number of aryl methyl sites for hydroxylation is 1. The van der Waals surface area contributed by atoms with Crippen LogP contribution < -0.4 is 10.6 Å². The monoisotopic (exact) mass is 598 g/mol. The quantitative estimate of drug-likeness (QED) is 0.185. The van der Waals surface area contributed by atoms with E-state index in [1.807, 2.05) is 61.5 Å². The molecule has 0 saturated heterocycles. The molecule has 0 fully saturated rings. The number of halogens is 2. The molecule has 1 atom stereocenters. The van der Waals surface area contributed by atoms with Crippen molar-refractivity contribution in [2.45, 2.75) is 26.2 Å². The number of hydrogen-bond donors (Lipinski definition) is 3. The Morgan fingerprint density at radius 3 is 2.50 bits per heavy atom. The molecule has 6 nitrogen and oxygen atoms in total. The molecule has 1 aromatic heterocycles. The summed E-state index contributed by atoms with van der Waals surface area (Å²) in [7, 11) is 2.01. The summed E-state index contributed by atoms with van der Waals surface area (Å²) in [5.41, 5.74) is 8.03. The van der Waals surface area contributed by atoms with Gasteiger partial charge in [-0.3, -0.25) is 4.99 Å². The van der Waals surface area contributed by atoms with Gasteiger partial charge in [-0.05, 0) is 78.6 Å². The van der Waals surface area contributed by atoms with Gasteiger partial charge >= 0.3 is 0 Å². The van der Waals surface area contributed by atoms with Gasteiger partial charge < -0.3 is 20.6 Å². The van der Waals surface area contributed by atoms with E-state index in [4.69, 9.17) is 33.6 Å². The molecule has 2 aromatic carbocycles. The predicted octanol–water partition coefficient (Wildman–Crippen LogP) is 7.97. The molecular formula is C34H36Cl2N6.